The minimum atomic E-state index is -0.524. The molecule has 25 heavy (non-hydrogen) atoms. The van der Waals surface area contributed by atoms with Crippen molar-refractivity contribution in [3.8, 4) is 11.4 Å². The topological polar surface area (TPSA) is 110 Å². The molecule has 2 aromatic carbocycles. The van der Waals surface area contributed by atoms with Gasteiger partial charge in [-0.1, -0.05) is 0 Å². The van der Waals surface area contributed by atoms with Crippen molar-refractivity contribution in [3.63, 3.8) is 0 Å². The van der Waals surface area contributed by atoms with Crippen molar-refractivity contribution in [2.75, 3.05) is 5.32 Å². The number of rotatable bonds is 4. The number of nitrogens with zero attached hydrogens (tertiary/aromatic N) is 2. The van der Waals surface area contributed by atoms with E-state index in [2.05, 4.69) is 15.3 Å². The Bertz CT molecular complexity index is 931. The van der Waals surface area contributed by atoms with E-state index in [0.717, 1.165) is 16.6 Å². The molecule has 0 saturated carbocycles. The number of non-ortho nitro benzene ring substituents is 1. The molecule has 0 unspecified atom stereocenters. The fraction of sp³-hybridized carbons (Fsp3) is 0.176. The molecule has 128 valence electrons. The Balaban J connectivity index is 1.85. The summed E-state index contributed by atoms with van der Waals surface area (Å²) >= 11 is 0. The zero-order chi connectivity index (χ0) is 18.0. The molecule has 1 heterocycles. The lowest BCUT2D eigenvalue weighted by Gasteiger charge is -2.09. The van der Waals surface area contributed by atoms with Crippen LogP contribution in [0, 0.1) is 10.1 Å². The van der Waals surface area contributed by atoms with E-state index in [1.54, 1.807) is 44.2 Å². The largest absolute Gasteiger partial charge is 0.447 e. The number of fused-ring (bicyclic) bond motifs is 1. The van der Waals surface area contributed by atoms with Crippen LogP contribution in [0.25, 0.3) is 22.4 Å². The van der Waals surface area contributed by atoms with Gasteiger partial charge in [-0.15, -0.1) is 0 Å². The Hall–Kier alpha value is -3.42. The summed E-state index contributed by atoms with van der Waals surface area (Å²) in [6.45, 7) is 3.54. The van der Waals surface area contributed by atoms with Gasteiger partial charge in [0.2, 0.25) is 0 Å². The number of anilines is 1. The van der Waals surface area contributed by atoms with Crippen molar-refractivity contribution in [3.05, 3.63) is 52.6 Å². The monoisotopic (exact) mass is 340 g/mol. The summed E-state index contributed by atoms with van der Waals surface area (Å²) in [5.41, 5.74) is 2.79. The zero-order valence-electron chi connectivity index (χ0n) is 13.6. The Kier molecular flexibility index (Phi) is 4.34. The van der Waals surface area contributed by atoms with Crippen LogP contribution < -0.4 is 5.32 Å². The minimum Gasteiger partial charge on any atom is -0.447 e. The molecular weight excluding hydrogens is 324 g/mol. The highest BCUT2D eigenvalue weighted by atomic mass is 16.6. The molecule has 8 heteroatoms. The quantitative estimate of drug-likeness (QED) is 0.549. The van der Waals surface area contributed by atoms with Gasteiger partial charge >= 0.3 is 6.09 Å². The van der Waals surface area contributed by atoms with Crippen LogP contribution in [0.1, 0.15) is 13.8 Å². The van der Waals surface area contributed by atoms with E-state index in [1.165, 1.54) is 12.1 Å². The second kappa shape index (κ2) is 6.60. The van der Waals surface area contributed by atoms with E-state index in [9.17, 15) is 14.9 Å². The molecule has 8 nitrogen and oxygen atoms in total. The average molecular weight is 340 g/mol. The van der Waals surface area contributed by atoms with Crippen LogP contribution in [0.15, 0.2) is 42.5 Å². The SMILES string of the molecule is CC(C)OC(=O)Nc1ccc2nc(-c3ccc([N+](=O)[O-])cc3)[nH]c2c1. The summed E-state index contributed by atoms with van der Waals surface area (Å²) in [6, 6.07) is 11.4. The summed E-state index contributed by atoms with van der Waals surface area (Å²) in [7, 11) is 0. The van der Waals surface area contributed by atoms with Crippen LogP contribution in [0.4, 0.5) is 16.2 Å². The van der Waals surface area contributed by atoms with E-state index in [0.29, 0.717) is 11.5 Å². The minimum absolute atomic E-state index is 0.0232. The van der Waals surface area contributed by atoms with E-state index < -0.39 is 11.0 Å². The van der Waals surface area contributed by atoms with Crippen molar-refractivity contribution in [1.82, 2.24) is 9.97 Å². The van der Waals surface area contributed by atoms with Crippen LogP contribution in [-0.4, -0.2) is 27.1 Å². The standard InChI is InChI=1S/C17H16N4O4/c1-10(2)25-17(22)18-12-5-8-14-15(9-12)20-16(19-14)11-3-6-13(7-4-11)21(23)24/h3-10H,1-2H3,(H,18,22)(H,19,20). The molecule has 0 saturated heterocycles. The summed E-state index contributed by atoms with van der Waals surface area (Å²) < 4.78 is 5.04. The number of imidazole rings is 1. The van der Waals surface area contributed by atoms with E-state index in [-0.39, 0.29) is 11.8 Å². The predicted octanol–water partition coefficient (Wildman–Crippen LogP) is 4.10. The third kappa shape index (κ3) is 3.74. The molecular formula is C17H16N4O4. The molecule has 0 aliphatic rings. The smallest absolute Gasteiger partial charge is 0.411 e. The Morgan fingerprint density at radius 3 is 2.60 bits per heavy atom. The average Bonchev–Trinajstić information content (AvgIpc) is 2.97. The highest BCUT2D eigenvalue weighted by Gasteiger charge is 2.10. The number of hydrogen-bond donors (Lipinski definition) is 2. The van der Waals surface area contributed by atoms with Crippen LogP contribution in [0.5, 0.6) is 0 Å². The number of carbonyl (C=O) groups excluding carboxylic acids is 1. The molecule has 3 aromatic rings. The number of aromatic nitrogens is 2. The third-order valence-corrected chi connectivity index (χ3v) is 3.42. The maximum absolute atomic E-state index is 11.7. The first-order valence-corrected chi connectivity index (χ1v) is 7.64. The lowest BCUT2D eigenvalue weighted by Crippen LogP contribution is -2.17. The van der Waals surface area contributed by atoms with Crippen molar-refractivity contribution < 1.29 is 14.5 Å². The highest BCUT2D eigenvalue weighted by molar-refractivity contribution is 5.89. The number of nitro groups is 1. The van der Waals surface area contributed by atoms with E-state index >= 15 is 0 Å². The maximum Gasteiger partial charge on any atom is 0.411 e. The number of hydrogen-bond acceptors (Lipinski definition) is 5. The molecule has 0 fully saturated rings. The van der Waals surface area contributed by atoms with Crippen molar-refractivity contribution in [1.29, 1.82) is 0 Å². The first kappa shape index (κ1) is 16.4. The fourth-order valence-electron chi connectivity index (χ4n) is 2.33. The summed E-state index contributed by atoms with van der Waals surface area (Å²) in [6.07, 6.45) is -0.728. The van der Waals surface area contributed by atoms with Gasteiger partial charge in [-0.25, -0.2) is 9.78 Å². The van der Waals surface area contributed by atoms with Gasteiger partial charge in [0.15, 0.2) is 0 Å². The van der Waals surface area contributed by atoms with Crippen molar-refractivity contribution in [2.24, 2.45) is 0 Å². The number of carbonyl (C=O) groups is 1. The van der Waals surface area contributed by atoms with Gasteiger partial charge < -0.3 is 9.72 Å². The first-order valence-electron chi connectivity index (χ1n) is 7.64. The lowest BCUT2D eigenvalue weighted by molar-refractivity contribution is -0.384. The van der Waals surface area contributed by atoms with Crippen LogP contribution in [0.2, 0.25) is 0 Å². The molecule has 0 aliphatic heterocycles. The maximum atomic E-state index is 11.7. The van der Waals surface area contributed by atoms with E-state index in [1.807, 2.05) is 0 Å². The van der Waals surface area contributed by atoms with Crippen LogP contribution >= 0.6 is 0 Å². The molecule has 0 radical (unpaired) electrons. The fourth-order valence-corrected chi connectivity index (χ4v) is 2.33. The van der Waals surface area contributed by atoms with Gasteiger partial charge in [0.05, 0.1) is 22.1 Å². The Morgan fingerprint density at radius 1 is 1.24 bits per heavy atom. The van der Waals surface area contributed by atoms with Gasteiger partial charge in [-0.3, -0.25) is 15.4 Å². The second-order valence-electron chi connectivity index (χ2n) is 5.70. The van der Waals surface area contributed by atoms with Gasteiger partial charge in [0, 0.05) is 23.4 Å². The number of H-pyrrole nitrogens is 1. The molecule has 2 N–H and O–H groups in total. The third-order valence-electron chi connectivity index (χ3n) is 3.42. The number of ether oxygens (including phenoxy) is 1. The second-order valence-corrected chi connectivity index (χ2v) is 5.70. The molecule has 1 aromatic heterocycles. The summed E-state index contributed by atoms with van der Waals surface area (Å²) in [5, 5.41) is 13.4. The Labute approximate surface area is 143 Å². The summed E-state index contributed by atoms with van der Waals surface area (Å²) in [4.78, 5) is 29.5. The van der Waals surface area contributed by atoms with Crippen molar-refractivity contribution in [2.45, 2.75) is 20.0 Å². The molecule has 1 amide bonds. The molecule has 0 spiro atoms. The molecule has 0 aliphatic carbocycles. The number of amides is 1. The molecule has 0 bridgehead atoms. The van der Waals surface area contributed by atoms with Crippen LogP contribution in [-0.2, 0) is 4.74 Å². The molecule has 3 rings (SSSR count). The van der Waals surface area contributed by atoms with Gasteiger partial charge in [-0.2, -0.15) is 0 Å². The zero-order valence-corrected chi connectivity index (χ0v) is 13.6. The number of nitrogens with one attached hydrogen (secondary N) is 2. The van der Waals surface area contributed by atoms with Gasteiger partial charge in [0.25, 0.3) is 5.69 Å². The van der Waals surface area contributed by atoms with Crippen molar-refractivity contribution >= 4 is 28.5 Å². The summed E-state index contributed by atoms with van der Waals surface area (Å²) in [5.74, 6) is 0.590. The Morgan fingerprint density at radius 2 is 1.96 bits per heavy atom. The number of nitro benzene ring substituents is 1. The van der Waals surface area contributed by atoms with Gasteiger partial charge in [-0.05, 0) is 44.2 Å². The van der Waals surface area contributed by atoms with E-state index in [4.69, 9.17) is 4.74 Å². The normalized spacial score (nSPS) is 10.8. The number of benzene rings is 2. The van der Waals surface area contributed by atoms with Gasteiger partial charge in [0.1, 0.15) is 5.82 Å². The lowest BCUT2D eigenvalue weighted by atomic mass is 10.2. The molecule has 0 atom stereocenters. The predicted molar refractivity (Wildman–Crippen MR) is 93.4 cm³/mol. The van der Waals surface area contributed by atoms with Crippen LogP contribution in [0.3, 0.4) is 0 Å². The highest BCUT2D eigenvalue weighted by Crippen LogP contribution is 2.24. The first-order chi connectivity index (χ1) is 11.9. The number of aromatic amines is 1.